The molecule has 116 valence electrons. The third-order valence-corrected chi connectivity index (χ3v) is 3.73. The number of nitriles is 1. The van der Waals surface area contributed by atoms with Crippen LogP contribution in [0.15, 0.2) is 42.6 Å². The van der Waals surface area contributed by atoms with Crippen molar-refractivity contribution in [1.82, 2.24) is 4.98 Å². The topological polar surface area (TPSA) is 65.8 Å². The number of benzene rings is 1. The smallest absolute Gasteiger partial charge is 0.260 e. The molecule has 1 atom stereocenters. The highest BCUT2D eigenvalue weighted by atomic mass is 19.3. The van der Waals surface area contributed by atoms with Gasteiger partial charge in [0.25, 0.3) is 5.92 Å². The minimum atomic E-state index is -2.89. The molecule has 1 aliphatic rings. The fourth-order valence-electron chi connectivity index (χ4n) is 2.38. The summed E-state index contributed by atoms with van der Waals surface area (Å²) >= 11 is 0. The van der Waals surface area contributed by atoms with Gasteiger partial charge in [0.2, 0.25) is 5.91 Å². The number of alkyl halides is 2. The zero-order chi connectivity index (χ0) is 16.4. The second-order valence-corrected chi connectivity index (χ2v) is 5.43. The van der Waals surface area contributed by atoms with E-state index in [9.17, 15) is 13.6 Å². The zero-order valence-corrected chi connectivity index (χ0v) is 12.1. The van der Waals surface area contributed by atoms with Gasteiger partial charge in [0, 0.05) is 23.9 Å². The third kappa shape index (κ3) is 3.19. The fourth-order valence-corrected chi connectivity index (χ4v) is 2.38. The number of halogens is 2. The lowest BCUT2D eigenvalue weighted by Gasteiger charge is -2.10. The second kappa shape index (κ2) is 5.76. The van der Waals surface area contributed by atoms with E-state index < -0.39 is 24.2 Å². The minimum absolute atomic E-state index is 0.195. The number of nitrogens with zero attached hydrogens (tertiary/aromatic N) is 2. The molecule has 1 aromatic carbocycles. The minimum Gasteiger partial charge on any atom is -0.326 e. The van der Waals surface area contributed by atoms with E-state index in [1.165, 1.54) is 0 Å². The first-order chi connectivity index (χ1) is 11.0. The summed E-state index contributed by atoms with van der Waals surface area (Å²) in [5.74, 6) is -4.83. The summed E-state index contributed by atoms with van der Waals surface area (Å²) in [5, 5.41) is 11.4. The van der Waals surface area contributed by atoms with E-state index in [-0.39, 0.29) is 6.42 Å². The maximum Gasteiger partial charge on any atom is 0.260 e. The number of anilines is 1. The summed E-state index contributed by atoms with van der Waals surface area (Å²) < 4.78 is 25.9. The van der Waals surface area contributed by atoms with Gasteiger partial charge in [0.05, 0.1) is 18.2 Å². The molecular formula is C17H13F2N3O. The summed E-state index contributed by atoms with van der Waals surface area (Å²) in [7, 11) is 0. The van der Waals surface area contributed by atoms with Gasteiger partial charge in [-0.05, 0) is 29.8 Å². The van der Waals surface area contributed by atoms with Crippen molar-refractivity contribution in [2.24, 2.45) is 5.92 Å². The summed E-state index contributed by atoms with van der Waals surface area (Å²) in [5.41, 5.74) is 2.54. The van der Waals surface area contributed by atoms with Crippen molar-refractivity contribution >= 4 is 11.6 Å². The highest BCUT2D eigenvalue weighted by Gasteiger charge is 2.61. The number of carbonyl (C=O) groups excluding carboxylic acids is 1. The lowest BCUT2D eigenvalue weighted by Crippen LogP contribution is -2.17. The van der Waals surface area contributed by atoms with E-state index in [1.54, 1.807) is 36.5 Å². The predicted molar refractivity (Wildman–Crippen MR) is 80.7 cm³/mol. The molecule has 6 heteroatoms. The Balaban J connectivity index is 1.89. The number of nitrogens with one attached hydrogen (secondary N) is 1. The van der Waals surface area contributed by atoms with E-state index in [2.05, 4.69) is 16.4 Å². The molecular weight excluding hydrogens is 300 g/mol. The highest BCUT2D eigenvalue weighted by molar-refractivity contribution is 5.95. The number of aromatic nitrogens is 1. The number of hydrogen-bond donors (Lipinski definition) is 1. The van der Waals surface area contributed by atoms with Crippen LogP contribution in [0.1, 0.15) is 12.0 Å². The van der Waals surface area contributed by atoms with Crippen LogP contribution in [0.4, 0.5) is 14.5 Å². The van der Waals surface area contributed by atoms with Gasteiger partial charge in [0.1, 0.15) is 5.92 Å². The maximum atomic E-state index is 13.0. The molecule has 0 bridgehead atoms. The molecule has 0 radical (unpaired) electrons. The molecule has 0 unspecified atom stereocenters. The van der Waals surface area contributed by atoms with Gasteiger partial charge in [-0.25, -0.2) is 8.78 Å². The van der Waals surface area contributed by atoms with Crippen molar-refractivity contribution in [2.75, 3.05) is 5.32 Å². The first-order valence-corrected chi connectivity index (χ1v) is 7.11. The van der Waals surface area contributed by atoms with Crippen LogP contribution in [0.25, 0.3) is 11.3 Å². The molecule has 1 aromatic heterocycles. The van der Waals surface area contributed by atoms with Crippen molar-refractivity contribution in [2.45, 2.75) is 18.8 Å². The molecule has 0 aliphatic heterocycles. The van der Waals surface area contributed by atoms with Crippen LogP contribution >= 0.6 is 0 Å². The van der Waals surface area contributed by atoms with Crippen molar-refractivity contribution in [3.63, 3.8) is 0 Å². The van der Waals surface area contributed by atoms with Gasteiger partial charge in [0.15, 0.2) is 0 Å². The fraction of sp³-hybridized carbons (Fsp3) is 0.235. The van der Waals surface area contributed by atoms with Crippen LogP contribution in [-0.2, 0) is 11.2 Å². The Morgan fingerprint density at radius 1 is 1.39 bits per heavy atom. The number of amides is 1. The SMILES string of the molecule is N#CCc1ccc(NC(=O)[C@@H]2CC2(F)F)cc1-c1ccccn1. The Morgan fingerprint density at radius 3 is 2.78 bits per heavy atom. The lowest BCUT2D eigenvalue weighted by molar-refractivity contribution is -0.119. The first-order valence-electron chi connectivity index (χ1n) is 7.11. The summed E-state index contributed by atoms with van der Waals surface area (Å²) in [6.07, 6.45) is 1.42. The number of rotatable bonds is 4. The molecule has 1 aliphatic carbocycles. The molecule has 1 N–H and O–H groups in total. The average Bonchev–Trinajstić information content (AvgIpc) is 3.19. The Labute approximate surface area is 131 Å². The Kier molecular flexibility index (Phi) is 3.78. The van der Waals surface area contributed by atoms with E-state index in [0.29, 0.717) is 16.9 Å². The molecule has 1 saturated carbocycles. The lowest BCUT2D eigenvalue weighted by atomic mass is 10.0. The Hall–Kier alpha value is -2.81. The van der Waals surface area contributed by atoms with Gasteiger partial charge in [-0.1, -0.05) is 12.1 Å². The van der Waals surface area contributed by atoms with Crippen LogP contribution in [0, 0.1) is 17.2 Å². The van der Waals surface area contributed by atoms with Crippen molar-refractivity contribution in [3.8, 4) is 17.3 Å². The van der Waals surface area contributed by atoms with Crippen LogP contribution in [0.5, 0.6) is 0 Å². The second-order valence-electron chi connectivity index (χ2n) is 5.43. The summed E-state index contributed by atoms with van der Waals surface area (Å²) in [6, 6.07) is 12.4. The quantitative estimate of drug-likeness (QED) is 0.940. The standard InChI is InChI=1S/C17H13F2N3O/c18-17(19)10-14(17)16(23)22-12-5-4-11(6-7-20)13(9-12)15-3-1-2-8-21-15/h1-5,8-9,14H,6,10H2,(H,22,23)/t14-/m0/s1. The van der Waals surface area contributed by atoms with Gasteiger partial charge >= 0.3 is 0 Å². The zero-order valence-electron chi connectivity index (χ0n) is 12.1. The van der Waals surface area contributed by atoms with Gasteiger partial charge < -0.3 is 5.32 Å². The van der Waals surface area contributed by atoms with Gasteiger partial charge in [-0.15, -0.1) is 0 Å². The molecule has 1 amide bonds. The van der Waals surface area contributed by atoms with Crippen molar-refractivity contribution in [3.05, 3.63) is 48.2 Å². The molecule has 1 heterocycles. The molecule has 2 aromatic rings. The Morgan fingerprint density at radius 2 is 2.17 bits per heavy atom. The van der Waals surface area contributed by atoms with Crippen LogP contribution in [0.2, 0.25) is 0 Å². The molecule has 0 saturated heterocycles. The molecule has 1 fully saturated rings. The first kappa shape index (κ1) is 15.1. The van der Waals surface area contributed by atoms with E-state index in [4.69, 9.17) is 5.26 Å². The molecule has 4 nitrogen and oxygen atoms in total. The van der Waals surface area contributed by atoms with Crippen molar-refractivity contribution < 1.29 is 13.6 Å². The number of pyridine rings is 1. The predicted octanol–water partition coefficient (Wildman–Crippen LogP) is 3.41. The van der Waals surface area contributed by atoms with Crippen LogP contribution < -0.4 is 5.32 Å². The maximum absolute atomic E-state index is 13.0. The van der Waals surface area contributed by atoms with Crippen LogP contribution in [-0.4, -0.2) is 16.8 Å². The van der Waals surface area contributed by atoms with E-state index >= 15 is 0 Å². The molecule has 0 spiro atoms. The number of hydrogen-bond acceptors (Lipinski definition) is 3. The van der Waals surface area contributed by atoms with E-state index in [1.807, 2.05) is 6.07 Å². The highest BCUT2D eigenvalue weighted by Crippen LogP contribution is 2.49. The largest absolute Gasteiger partial charge is 0.326 e. The Bertz CT molecular complexity index is 784. The molecule has 3 rings (SSSR count). The summed E-state index contributed by atoms with van der Waals surface area (Å²) in [6.45, 7) is 0. The van der Waals surface area contributed by atoms with Gasteiger partial charge in [-0.2, -0.15) is 5.26 Å². The van der Waals surface area contributed by atoms with Crippen molar-refractivity contribution in [1.29, 1.82) is 5.26 Å². The normalized spacial score (nSPS) is 18.0. The average molecular weight is 313 g/mol. The number of carbonyl (C=O) groups is 1. The molecule has 23 heavy (non-hydrogen) atoms. The third-order valence-electron chi connectivity index (χ3n) is 3.73. The summed E-state index contributed by atoms with van der Waals surface area (Å²) in [4.78, 5) is 16.0. The van der Waals surface area contributed by atoms with Crippen LogP contribution in [0.3, 0.4) is 0 Å². The van der Waals surface area contributed by atoms with E-state index in [0.717, 1.165) is 5.56 Å². The van der Waals surface area contributed by atoms with Gasteiger partial charge in [-0.3, -0.25) is 9.78 Å². The monoisotopic (exact) mass is 313 g/mol.